The zero-order valence-electron chi connectivity index (χ0n) is 16.6. The molecule has 0 fully saturated rings. The lowest BCUT2D eigenvalue weighted by atomic mass is 10.1. The van der Waals surface area contributed by atoms with Crippen LogP contribution in [0.1, 0.15) is 11.1 Å². The lowest BCUT2D eigenvalue weighted by Gasteiger charge is -2.11. The van der Waals surface area contributed by atoms with Gasteiger partial charge in [0.05, 0.1) is 5.69 Å². The molecule has 0 radical (unpaired) electrons. The fraction of sp³-hybridized carbons (Fsp3) is 0.0769. The average molecular weight is 395 g/mol. The van der Waals surface area contributed by atoms with Crippen LogP contribution in [0, 0.1) is 0 Å². The summed E-state index contributed by atoms with van der Waals surface area (Å²) in [5.41, 5.74) is 3.12. The Kier molecular flexibility index (Phi) is 6.16. The van der Waals surface area contributed by atoms with Crippen LogP contribution < -0.4 is 14.6 Å². The molecule has 0 unspecified atom stereocenters. The third-order valence-electron chi connectivity index (χ3n) is 4.67. The first kappa shape index (κ1) is 19.4. The molecule has 4 aromatic rings. The summed E-state index contributed by atoms with van der Waals surface area (Å²) in [6, 6.07) is 31.4. The normalized spacial score (nSPS) is 10.4. The van der Waals surface area contributed by atoms with E-state index in [4.69, 9.17) is 4.74 Å². The number of ether oxygens (including phenoxy) is 1. The van der Waals surface area contributed by atoms with Crippen LogP contribution in [0.4, 0.5) is 5.69 Å². The van der Waals surface area contributed by atoms with Crippen LogP contribution in [0.3, 0.4) is 0 Å². The van der Waals surface area contributed by atoms with Gasteiger partial charge in [0.1, 0.15) is 5.75 Å². The van der Waals surface area contributed by atoms with Gasteiger partial charge in [0.2, 0.25) is 6.54 Å². The number of pyridine rings is 1. The number of anilines is 1. The number of para-hydroxylation sites is 3. The highest BCUT2D eigenvalue weighted by atomic mass is 16.5. The number of amides is 1. The molecule has 0 saturated heterocycles. The van der Waals surface area contributed by atoms with Crippen LogP contribution in [0.15, 0.2) is 109 Å². The zero-order chi connectivity index (χ0) is 20.6. The monoisotopic (exact) mass is 395 g/mol. The van der Waals surface area contributed by atoms with Crippen molar-refractivity contribution in [3.05, 3.63) is 121 Å². The molecule has 1 aromatic heterocycles. The number of hydrogen-bond donors (Lipinski definition) is 1. The Hall–Kier alpha value is -3.92. The van der Waals surface area contributed by atoms with Crippen molar-refractivity contribution in [2.24, 2.45) is 0 Å². The molecule has 0 aliphatic rings. The predicted octanol–water partition coefficient (Wildman–Crippen LogP) is 5.00. The summed E-state index contributed by atoms with van der Waals surface area (Å²) in [5.74, 6) is 1.22. The van der Waals surface area contributed by atoms with Gasteiger partial charge in [-0.05, 0) is 41.8 Å². The molecular formula is C26H23N2O2+. The second-order valence-corrected chi connectivity index (χ2v) is 7.00. The van der Waals surface area contributed by atoms with Crippen molar-refractivity contribution < 1.29 is 14.1 Å². The molecule has 4 rings (SSSR count). The number of rotatable bonds is 7. The first-order valence-electron chi connectivity index (χ1n) is 9.90. The molecule has 1 heterocycles. The number of carbonyl (C=O) groups is 1. The molecule has 0 spiro atoms. The van der Waals surface area contributed by atoms with E-state index in [-0.39, 0.29) is 12.5 Å². The van der Waals surface area contributed by atoms with Crippen molar-refractivity contribution in [2.75, 3.05) is 5.32 Å². The van der Waals surface area contributed by atoms with Gasteiger partial charge in [-0.25, -0.2) is 0 Å². The highest BCUT2D eigenvalue weighted by Crippen LogP contribution is 2.28. The molecule has 0 saturated carbocycles. The Morgan fingerprint density at radius 2 is 1.33 bits per heavy atom. The minimum Gasteiger partial charge on any atom is -0.455 e. The Morgan fingerprint density at radius 3 is 2.07 bits per heavy atom. The summed E-state index contributed by atoms with van der Waals surface area (Å²) in [6.07, 6.45) is 4.74. The number of benzene rings is 3. The highest BCUT2D eigenvalue weighted by molar-refractivity contribution is 5.91. The first-order chi connectivity index (χ1) is 14.8. The molecule has 4 heteroatoms. The van der Waals surface area contributed by atoms with Crippen molar-refractivity contribution in [1.82, 2.24) is 0 Å². The Balaban J connectivity index is 1.38. The van der Waals surface area contributed by atoms with Crippen LogP contribution in [0.5, 0.6) is 11.5 Å². The van der Waals surface area contributed by atoms with Crippen molar-refractivity contribution in [1.29, 1.82) is 0 Å². The summed E-state index contributed by atoms with van der Waals surface area (Å²) in [5, 5.41) is 2.95. The number of nitrogens with one attached hydrogen (secondary N) is 1. The second-order valence-electron chi connectivity index (χ2n) is 7.00. The summed E-state index contributed by atoms with van der Waals surface area (Å²) in [6.45, 7) is 0.227. The lowest BCUT2D eigenvalue weighted by Crippen LogP contribution is -2.39. The average Bonchev–Trinajstić information content (AvgIpc) is 2.78. The third kappa shape index (κ3) is 5.32. The van der Waals surface area contributed by atoms with Crippen LogP contribution in [0.2, 0.25) is 0 Å². The van der Waals surface area contributed by atoms with Crippen LogP contribution in [-0.4, -0.2) is 5.91 Å². The molecule has 0 aliphatic heterocycles. The predicted molar refractivity (Wildman–Crippen MR) is 117 cm³/mol. The quantitative estimate of drug-likeness (QED) is 0.448. The summed E-state index contributed by atoms with van der Waals surface area (Å²) >= 11 is 0. The van der Waals surface area contributed by atoms with Crippen molar-refractivity contribution in [2.45, 2.75) is 13.0 Å². The highest BCUT2D eigenvalue weighted by Gasteiger charge is 2.13. The van der Waals surface area contributed by atoms with Gasteiger partial charge in [-0.15, -0.1) is 0 Å². The largest absolute Gasteiger partial charge is 0.455 e. The standard InChI is InChI=1S/C26H22N2O2/c29-26(20-28-17-15-22(16-18-28)19-21-9-3-1-4-10-21)27-24-13-7-8-14-25(24)30-23-11-5-2-6-12-23/h1-18H,19-20H2/p+1. The van der Waals surface area contributed by atoms with Crippen LogP contribution in [0.25, 0.3) is 0 Å². The van der Waals surface area contributed by atoms with Gasteiger partial charge in [0.15, 0.2) is 18.1 Å². The van der Waals surface area contributed by atoms with Gasteiger partial charge < -0.3 is 10.1 Å². The molecule has 4 nitrogen and oxygen atoms in total. The second kappa shape index (κ2) is 9.52. The van der Waals surface area contributed by atoms with Gasteiger partial charge in [-0.1, -0.05) is 60.7 Å². The van der Waals surface area contributed by atoms with Crippen molar-refractivity contribution >= 4 is 11.6 Å². The van der Waals surface area contributed by atoms with E-state index in [0.29, 0.717) is 11.4 Å². The van der Waals surface area contributed by atoms with Gasteiger partial charge in [0, 0.05) is 12.1 Å². The molecule has 30 heavy (non-hydrogen) atoms. The van der Waals surface area contributed by atoms with E-state index < -0.39 is 0 Å². The lowest BCUT2D eigenvalue weighted by molar-refractivity contribution is -0.684. The molecule has 1 N–H and O–H groups in total. The molecule has 0 aliphatic carbocycles. The van der Waals surface area contributed by atoms with Gasteiger partial charge >= 0.3 is 0 Å². The minimum atomic E-state index is -0.111. The van der Waals surface area contributed by atoms with Gasteiger partial charge in [-0.3, -0.25) is 4.79 Å². The van der Waals surface area contributed by atoms with E-state index in [1.165, 1.54) is 11.1 Å². The van der Waals surface area contributed by atoms with Crippen molar-refractivity contribution in [3.63, 3.8) is 0 Å². The molecule has 0 bridgehead atoms. The minimum absolute atomic E-state index is 0.111. The van der Waals surface area contributed by atoms with E-state index in [9.17, 15) is 4.79 Å². The number of nitrogens with zero attached hydrogens (tertiary/aromatic N) is 1. The van der Waals surface area contributed by atoms with Crippen LogP contribution >= 0.6 is 0 Å². The van der Waals surface area contributed by atoms with E-state index in [2.05, 4.69) is 17.4 Å². The SMILES string of the molecule is O=C(C[n+]1ccc(Cc2ccccc2)cc1)Nc1ccccc1Oc1ccccc1. The van der Waals surface area contributed by atoms with Gasteiger partial charge in [-0.2, -0.15) is 4.57 Å². The molecule has 1 amide bonds. The Labute approximate surface area is 176 Å². The van der Waals surface area contributed by atoms with Crippen LogP contribution in [-0.2, 0) is 17.8 Å². The molecule has 148 valence electrons. The third-order valence-corrected chi connectivity index (χ3v) is 4.67. The van der Waals surface area contributed by atoms with Gasteiger partial charge in [0.25, 0.3) is 5.91 Å². The Morgan fingerprint density at radius 1 is 0.733 bits per heavy atom. The summed E-state index contributed by atoms with van der Waals surface area (Å²) in [7, 11) is 0. The number of hydrogen-bond acceptors (Lipinski definition) is 2. The topological polar surface area (TPSA) is 42.2 Å². The van der Waals surface area contributed by atoms with E-state index in [1.807, 2.05) is 102 Å². The smallest absolute Gasteiger partial charge is 0.290 e. The molecular weight excluding hydrogens is 372 g/mol. The number of carbonyl (C=O) groups excluding carboxylic acids is 1. The summed E-state index contributed by atoms with van der Waals surface area (Å²) < 4.78 is 7.78. The number of aromatic nitrogens is 1. The fourth-order valence-corrected chi connectivity index (χ4v) is 3.17. The maximum absolute atomic E-state index is 12.6. The summed E-state index contributed by atoms with van der Waals surface area (Å²) in [4.78, 5) is 12.6. The maximum Gasteiger partial charge on any atom is 0.290 e. The van der Waals surface area contributed by atoms with E-state index in [1.54, 1.807) is 0 Å². The maximum atomic E-state index is 12.6. The van der Waals surface area contributed by atoms with Crippen molar-refractivity contribution in [3.8, 4) is 11.5 Å². The van der Waals surface area contributed by atoms with E-state index in [0.717, 1.165) is 12.2 Å². The fourth-order valence-electron chi connectivity index (χ4n) is 3.17. The Bertz CT molecular complexity index is 1090. The first-order valence-corrected chi connectivity index (χ1v) is 9.90. The molecule has 0 atom stereocenters. The zero-order valence-corrected chi connectivity index (χ0v) is 16.6. The molecule has 3 aromatic carbocycles. The van der Waals surface area contributed by atoms with E-state index >= 15 is 0 Å².